The van der Waals surface area contributed by atoms with Crippen LogP contribution >= 0.6 is 0 Å². The fourth-order valence-electron chi connectivity index (χ4n) is 3.17. The number of carbonyl (C=O) groups is 1. The van der Waals surface area contributed by atoms with Gasteiger partial charge in [-0.1, -0.05) is 12.1 Å². The van der Waals surface area contributed by atoms with Crippen molar-refractivity contribution >= 4 is 5.97 Å². The molecule has 1 heterocycles. The van der Waals surface area contributed by atoms with E-state index in [9.17, 15) is 4.79 Å². The molecule has 1 aromatic rings. The Bertz CT molecular complexity index is 506. The zero-order valence-corrected chi connectivity index (χ0v) is 13.1. The number of aliphatic carboxylic acids is 1. The Labute approximate surface area is 130 Å². The highest BCUT2D eigenvalue weighted by molar-refractivity contribution is 5.69. The highest BCUT2D eigenvalue weighted by Crippen LogP contribution is 2.33. The molecule has 2 saturated carbocycles. The second-order valence-corrected chi connectivity index (χ2v) is 6.61. The van der Waals surface area contributed by atoms with Crippen LogP contribution in [0, 0.1) is 5.92 Å². The van der Waals surface area contributed by atoms with Gasteiger partial charge in [-0.15, -0.1) is 0 Å². The van der Waals surface area contributed by atoms with Crippen LogP contribution in [0.15, 0.2) is 10.8 Å². The number of nitrogens with one attached hydrogen (secondary N) is 1. The molecule has 0 spiro atoms. The summed E-state index contributed by atoms with van der Waals surface area (Å²) in [4.78, 5) is 13.2. The smallest absolute Gasteiger partial charge is 0.317 e. The average Bonchev–Trinajstić information content (AvgIpc) is 3.12. The van der Waals surface area contributed by atoms with Gasteiger partial charge in [0.1, 0.15) is 6.26 Å². The highest BCUT2D eigenvalue weighted by Gasteiger charge is 2.36. The molecule has 0 aromatic carbocycles. The predicted molar refractivity (Wildman–Crippen MR) is 81.5 cm³/mol. The average molecular weight is 307 g/mol. The monoisotopic (exact) mass is 307 g/mol. The molecule has 22 heavy (non-hydrogen) atoms. The number of hydrogen-bond acceptors (Lipinski definition) is 5. The number of rotatable bonds is 9. The Morgan fingerprint density at radius 1 is 1.50 bits per heavy atom. The molecule has 122 valence electrons. The Hall–Kier alpha value is -1.40. The maximum Gasteiger partial charge on any atom is 0.317 e. The summed E-state index contributed by atoms with van der Waals surface area (Å²) in [7, 11) is 0. The summed E-state index contributed by atoms with van der Waals surface area (Å²) in [5.41, 5.74) is 2.15. The van der Waals surface area contributed by atoms with Crippen LogP contribution in [0.25, 0.3) is 0 Å². The first-order chi connectivity index (χ1) is 10.7. The third-order valence-corrected chi connectivity index (χ3v) is 4.80. The number of aromatic nitrogens is 1. The first-order valence-corrected chi connectivity index (χ1v) is 8.27. The third-order valence-electron chi connectivity index (χ3n) is 4.80. The van der Waals surface area contributed by atoms with Crippen LogP contribution < -0.4 is 5.32 Å². The highest BCUT2D eigenvalue weighted by atomic mass is 16.5. The summed E-state index contributed by atoms with van der Waals surface area (Å²) >= 11 is 0. The fourth-order valence-corrected chi connectivity index (χ4v) is 3.17. The van der Waals surface area contributed by atoms with E-state index in [1.807, 2.05) is 0 Å². The third kappa shape index (κ3) is 3.87. The lowest BCUT2D eigenvalue weighted by Crippen LogP contribution is -2.54. The van der Waals surface area contributed by atoms with Gasteiger partial charge >= 0.3 is 5.97 Å². The van der Waals surface area contributed by atoms with Crippen molar-refractivity contribution in [3.63, 3.8) is 0 Å². The van der Waals surface area contributed by atoms with Gasteiger partial charge in [-0.25, -0.2) is 0 Å². The SMILES string of the molecule is CCc1nocc1CNC1CC(N(CC(=O)O)CC2CC2)C1. The number of aryl methyl sites for hydroxylation is 1. The topological polar surface area (TPSA) is 78.6 Å². The van der Waals surface area contributed by atoms with Crippen molar-refractivity contribution in [2.75, 3.05) is 13.1 Å². The summed E-state index contributed by atoms with van der Waals surface area (Å²) in [5, 5.41) is 16.6. The first kappa shape index (κ1) is 15.5. The molecule has 2 aliphatic carbocycles. The largest absolute Gasteiger partial charge is 0.480 e. The quantitative estimate of drug-likeness (QED) is 0.722. The van der Waals surface area contributed by atoms with Crippen LogP contribution in [0.2, 0.25) is 0 Å². The van der Waals surface area contributed by atoms with Crippen LogP contribution in [0.1, 0.15) is 43.9 Å². The van der Waals surface area contributed by atoms with E-state index < -0.39 is 5.97 Å². The minimum absolute atomic E-state index is 0.180. The molecular weight excluding hydrogens is 282 g/mol. The van der Waals surface area contributed by atoms with Gasteiger partial charge in [-0.05, 0) is 38.0 Å². The van der Waals surface area contributed by atoms with Crippen molar-refractivity contribution in [2.24, 2.45) is 5.92 Å². The molecule has 2 N–H and O–H groups in total. The molecule has 2 aliphatic rings. The molecule has 3 rings (SSSR count). The number of hydrogen-bond donors (Lipinski definition) is 2. The molecule has 0 amide bonds. The van der Waals surface area contributed by atoms with E-state index in [0.717, 1.165) is 49.5 Å². The molecule has 6 nitrogen and oxygen atoms in total. The number of carboxylic acids is 1. The number of nitrogens with zero attached hydrogens (tertiary/aromatic N) is 2. The summed E-state index contributed by atoms with van der Waals surface area (Å²) in [6.45, 7) is 3.99. The van der Waals surface area contributed by atoms with Gasteiger partial charge in [-0.3, -0.25) is 9.69 Å². The maximum absolute atomic E-state index is 11.0. The Morgan fingerprint density at radius 3 is 2.91 bits per heavy atom. The number of carboxylic acid groups (broad SMARTS) is 1. The van der Waals surface area contributed by atoms with Crippen LogP contribution in [0.5, 0.6) is 0 Å². The van der Waals surface area contributed by atoms with Crippen LogP contribution in [-0.4, -0.2) is 46.3 Å². The minimum Gasteiger partial charge on any atom is -0.480 e. The molecule has 0 radical (unpaired) electrons. The van der Waals surface area contributed by atoms with E-state index in [4.69, 9.17) is 9.63 Å². The van der Waals surface area contributed by atoms with E-state index in [1.165, 1.54) is 12.8 Å². The van der Waals surface area contributed by atoms with Crippen molar-refractivity contribution in [3.05, 3.63) is 17.5 Å². The lowest BCUT2D eigenvalue weighted by atomic mass is 9.85. The first-order valence-electron chi connectivity index (χ1n) is 8.27. The van der Waals surface area contributed by atoms with E-state index in [0.29, 0.717) is 12.1 Å². The van der Waals surface area contributed by atoms with Crippen molar-refractivity contribution in [2.45, 2.75) is 57.7 Å². The molecule has 6 heteroatoms. The van der Waals surface area contributed by atoms with Crippen LogP contribution in [0.3, 0.4) is 0 Å². The van der Waals surface area contributed by atoms with Gasteiger partial charge < -0.3 is 14.9 Å². The van der Waals surface area contributed by atoms with Crippen LogP contribution in [-0.2, 0) is 17.8 Å². The standard InChI is InChI=1S/C16H25N3O3/c1-2-15-12(10-22-18-15)7-17-13-5-14(6-13)19(9-16(20)21)8-11-3-4-11/h10-11,13-14,17H,2-9H2,1H3,(H,20,21). The van der Waals surface area contributed by atoms with Gasteiger partial charge in [-0.2, -0.15) is 0 Å². The molecule has 2 fully saturated rings. The van der Waals surface area contributed by atoms with E-state index >= 15 is 0 Å². The molecule has 0 bridgehead atoms. The minimum atomic E-state index is -0.714. The summed E-state index contributed by atoms with van der Waals surface area (Å²) < 4.78 is 5.01. The zero-order valence-electron chi connectivity index (χ0n) is 13.1. The normalized spacial score (nSPS) is 24.5. The van der Waals surface area contributed by atoms with Crippen molar-refractivity contribution in [1.82, 2.24) is 15.4 Å². The summed E-state index contributed by atoms with van der Waals surface area (Å²) in [5.74, 6) is 0.0181. The van der Waals surface area contributed by atoms with E-state index in [-0.39, 0.29) is 6.54 Å². The molecule has 0 saturated heterocycles. The second kappa shape index (κ2) is 6.79. The Morgan fingerprint density at radius 2 is 2.27 bits per heavy atom. The Balaban J connectivity index is 1.42. The van der Waals surface area contributed by atoms with Crippen molar-refractivity contribution in [3.8, 4) is 0 Å². The van der Waals surface area contributed by atoms with Crippen molar-refractivity contribution in [1.29, 1.82) is 0 Å². The summed E-state index contributed by atoms with van der Waals surface area (Å²) in [6.07, 6.45) is 7.19. The molecule has 0 unspecified atom stereocenters. The van der Waals surface area contributed by atoms with E-state index in [2.05, 4.69) is 22.3 Å². The Kier molecular flexibility index (Phi) is 4.78. The van der Waals surface area contributed by atoms with Crippen LogP contribution in [0.4, 0.5) is 0 Å². The second-order valence-electron chi connectivity index (χ2n) is 6.61. The fraction of sp³-hybridized carbons (Fsp3) is 0.750. The van der Waals surface area contributed by atoms with Gasteiger partial charge in [0.25, 0.3) is 0 Å². The van der Waals surface area contributed by atoms with Crippen molar-refractivity contribution < 1.29 is 14.4 Å². The van der Waals surface area contributed by atoms with E-state index in [1.54, 1.807) is 6.26 Å². The predicted octanol–water partition coefficient (Wildman–Crippen LogP) is 1.65. The molecule has 0 atom stereocenters. The summed E-state index contributed by atoms with van der Waals surface area (Å²) in [6, 6.07) is 0.891. The molecule has 1 aromatic heterocycles. The lowest BCUT2D eigenvalue weighted by Gasteiger charge is -2.43. The van der Waals surface area contributed by atoms with Gasteiger partial charge in [0.15, 0.2) is 0 Å². The maximum atomic E-state index is 11.0. The molecular formula is C16H25N3O3. The zero-order chi connectivity index (χ0) is 15.5. The van der Waals surface area contributed by atoms with Gasteiger partial charge in [0.2, 0.25) is 0 Å². The lowest BCUT2D eigenvalue weighted by molar-refractivity contribution is -0.139. The molecule has 0 aliphatic heterocycles. The van der Waals surface area contributed by atoms with Gasteiger partial charge in [0.05, 0.1) is 12.2 Å². The van der Waals surface area contributed by atoms with Gasteiger partial charge in [0, 0.05) is 30.7 Å².